The van der Waals surface area contributed by atoms with Crippen LogP contribution in [0.1, 0.15) is 33.2 Å². The number of rotatable bonds is 8. The van der Waals surface area contributed by atoms with Crippen LogP contribution >= 0.6 is 0 Å². The summed E-state index contributed by atoms with van der Waals surface area (Å²) >= 11 is 0. The standard InChI is InChI=1S/C19H23N3O5S/c1-3-14-7-9-15(10-8-14)18(23)21-22-19(24)16-5-4-6-17(13-16)28(25,26)20-11-12-27-2/h4-10,13,20H,3,11-12H2,1-2H3,(H,21,23)(H,22,24). The Morgan fingerprint density at radius 2 is 1.61 bits per heavy atom. The van der Waals surface area contributed by atoms with E-state index in [0.29, 0.717) is 5.56 Å². The van der Waals surface area contributed by atoms with Gasteiger partial charge in [0.15, 0.2) is 0 Å². The average Bonchev–Trinajstić information content (AvgIpc) is 2.72. The quantitative estimate of drug-likeness (QED) is 0.452. The van der Waals surface area contributed by atoms with Gasteiger partial charge < -0.3 is 4.74 Å². The molecule has 2 amide bonds. The van der Waals surface area contributed by atoms with Gasteiger partial charge in [0.2, 0.25) is 10.0 Å². The molecule has 0 aliphatic heterocycles. The number of carbonyl (C=O) groups is 2. The van der Waals surface area contributed by atoms with E-state index in [1.807, 2.05) is 19.1 Å². The molecule has 28 heavy (non-hydrogen) atoms. The summed E-state index contributed by atoms with van der Waals surface area (Å²) < 4.78 is 31.6. The van der Waals surface area contributed by atoms with E-state index >= 15 is 0 Å². The Morgan fingerprint density at radius 1 is 0.964 bits per heavy atom. The maximum Gasteiger partial charge on any atom is 0.269 e. The summed E-state index contributed by atoms with van der Waals surface area (Å²) in [6, 6.07) is 12.5. The van der Waals surface area contributed by atoms with Crippen molar-refractivity contribution in [3.8, 4) is 0 Å². The molecule has 3 N–H and O–H groups in total. The number of hydrazine groups is 1. The van der Waals surface area contributed by atoms with E-state index in [0.717, 1.165) is 12.0 Å². The first-order chi connectivity index (χ1) is 13.4. The van der Waals surface area contributed by atoms with E-state index in [4.69, 9.17) is 4.74 Å². The minimum atomic E-state index is -3.77. The molecule has 0 aliphatic carbocycles. The second kappa shape index (κ2) is 9.98. The molecule has 9 heteroatoms. The maximum atomic E-state index is 12.3. The third kappa shape index (κ3) is 5.88. The monoisotopic (exact) mass is 405 g/mol. The Balaban J connectivity index is 2.01. The predicted octanol–water partition coefficient (Wildman–Crippen LogP) is 1.25. The highest BCUT2D eigenvalue weighted by Crippen LogP contribution is 2.11. The molecular formula is C19H23N3O5S. The molecule has 2 rings (SSSR count). The van der Waals surface area contributed by atoms with Gasteiger partial charge in [-0.1, -0.05) is 25.1 Å². The molecule has 0 fully saturated rings. The molecular weight excluding hydrogens is 382 g/mol. The van der Waals surface area contributed by atoms with Crippen LogP contribution in [-0.4, -0.2) is 40.5 Å². The maximum absolute atomic E-state index is 12.3. The first kappa shape index (κ1) is 21.5. The van der Waals surface area contributed by atoms with Crippen molar-refractivity contribution in [2.75, 3.05) is 20.3 Å². The Kier molecular flexibility index (Phi) is 7.68. The summed E-state index contributed by atoms with van der Waals surface area (Å²) in [5, 5.41) is 0. The van der Waals surface area contributed by atoms with Crippen LogP contribution in [0.4, 0.5) is 0 Å². The highest BCUT2D eigenvalue weighted by atomic mass is 32.2. The van der Waals surface area contributed by atoms with E-state index in [1.54, 1.807) is 12.1 Å². The number of nitrogens with one attached hydrogen (secondary N) is 3. The van der Waals surface area contributed by atoms with Gasteiger partial charge in [0.25, 0.3) is 11.8 Å². The second-order valence-electron chi connectivity index (χ2n) is 5.88. The highest BCUT2D eigenvalue weighted by molar-refractivity contribution is 7.89. The van der Waals surface area contributed by atoms with Crippen molar-refractivity contribution < 1.29 is 22.7 Å². The molecule has 0 aliphatic rings. The molecule has 0 saturated heterocycles. The van der Waals surface area contributed by atoms with E-state index < -0.39 is 21.8 Å². The Labute approximate surface area is 164 Å². The van der Waals surface area contributed by atoms with Gasteiger partial charge in [0.05, 0.1) is 11.5 Å². The van der Waals surface area contributed by atoms with Crippen molar-refractivity contribution in [3.63, 3.8) is 0 Å². The first-order valence-electron chi connectivity index (χ1n) is 8.65. The fourth-order valence-corrected chi connectivity index (χ4v) is 3.37. The zero-order valence-corrected chi connectivity index (χ0v) is 16.5. The molecule has 0 atom stereocenters. The lowest BCUT2D eigenvalue weighted by Gasteiger charge is -2.10. The molecule has 0 aromatic heterocycles. The first-order valence-corrected chi connectivity index (χ1v) is 10.1. The summed E-state index contributed by atoms with van der Waals surface area (Å²) in [7, 11) is -2.30. The Hall–Kier alpha value is -2.75. The molecule has 0 spiro atoms. The van der Waals surface area contributed by atoms with Crippen molar-refractivity contribution in [2.24, 2.45) is 0 Å². The van der Waals surface area contributed by atoms with Crippen molar-refractivity contribution in [1.29, 1.82) is 0 Å². The molecule has 8 nitrogen and oxygen atoms in total. The predicted molar refractivity (Wildman–Crippen MR) is 104 cm³/mol. The number of amides is 2. The van der Waals surface area contributed by atoms with Crippen molar-refractivity contribution in [3.05, 3.63) is 65.2 Å². The second-order valence-corrected chi connectivity index (χ2v) is 7.64. The molecule has 0 unspecified atom stereocenters. The molecule has 2 aromatic rings. The highest BCUT2D eigenvalue weighted by Gasteiger charge is 2.16. The topological polar surface area (TPSA) is 114 Å². The van der Waals surface area contributed by atoms with Gasteiger partial charge in [-0.3, -0.25) is 20.4 Å². The molecule has 0 radical (unpaired) electrons. The number of aryl methyl sites for hydroxylation is 1. The lowest BCUT2D eigenvalue weighted by molar-refractivity contribution is 0.0846. The molecule has 150 valence electrons. The number of benzene rings is 2. The van der Waals surface area contributed by atoms with Crippen molar-refractivity contribution in [2.45, 2.75) is 18.2 Å². The fraction of sp³-hybridized carbons (Fsp3) is 0.263. The van der Waals surface area contributed by atoms with Gasteiger partial charge >= 0.3 is 0 Å². The van der Waals surface area contributed by atoms with Gasteiger partial charge in [-0.15, -0.1) is 0 Å². The van der Waals surface area contributed by atoms with E-state index in [9.17, 15) is 18.0 Å². The van der Waals surface area contributed by atoms with Crippen LogP contribution in [0.25, 0.3) is 0 Å². The molecule has 0 heterocycles. The number of hydrogen-bond donors (Lipinski definition) is 3. The van der Waals surface area contributed by atoms with Crippen LogP contribution in [0.5, 0.6) is 0 Å². The minimum absolute atomic E-state index is 0.0577. The molecule has 2 aromatic carbocycles. The number of ether oxygens (including phenoxy) is 1. The zero-order chi connectivity index (χ0) is 20.6. The smallest absolute Gasteiger partial charge is 0.269 e. The van der Waals surface area contributed by atoms with Gasteiger partial charge in [-0.2, -0.15) is 0 Å². The normalized spacial score (nSPS) is 11.1. The van der Waals surface area contributed by atoms with E-state index in [1.165, 1.54) is 31.4 Å². The lowest BCUT2D eigenvalue weighted by atomic mass is 10.1. The summed E-state index contributed by atoms with van der Waals surface area (Å²) in [4.78, 5) is 24.3. The van der Waals surface area contributed by atoms with Gasteiger partial charge in [-0.05, 0) is 42.3 Å². The van der Waals surface area contributed by atoms with Gasteiger partial charge in [-0.25, -0.2) is 13.1 Å². The lowest BCUT2D eigenvalue weighted by Crippen LogP contribution is -2.41. The fourth-order valence-electron chi connectivity index (χ4n) is 2.32. The largest absolute Gasteiger partial charge is 0.383 e. The van der Waals surface area contributed by atoms with Crippen molar-refractivity contribution >= 4 is 21.8 Å². The van der Waals surface area contributed by atoms with Crippen molar-refractivity contribution in [1.82, 2.24) is 15.6 Å². The number of methoxy groups -OCH3 is 1. The number of carbonyl (C=O) groups excluding carboxylic acids is 2. The summed E-state index contributed by atoms with van der Waals surface area (Å²) in [5.41, 5.74) is 6.19. The third-order valence-electron chi connectivity index (χ3n) is 3.92. The average molecular weight is 405 g/mol. The van der Waals surface area contributed by atoms with Gasteiger partial charge in [0.1, 0.15) is 0 Å². The van der Waals surface area contributed by atoms with E-state index in [2.05, 4.69) is 15.6 Å². The molecule has 0 bridgehead atoms. The van der Waals surface area contributed by atoms with Gasteiger partial charge in [0, 0.05) is 24.8 Å². The summed E-state index contributed by atoms with van der Waals surface area (Å²) in [6.07, 6.45) is 0.859. The Morgan fingerprint density at radius 3 is 2.21 bits per heavy atom. The van der Waals surface area contributed by atoms with Crippen LogP contribution in [0.2, 0.25) is 0 Å². The van der Waals surface area contributed by atoms with E-state index in [-0.39, 0.29) is 23.6 Å². The number of sulfonamides is 1. The van der Waals surface area contributed by atoms with Crippen LogP contribution in [0.3, 0.4) is 0 Å². The zero-order valence-electron chi connectivity index (χ0n) is 15.7. The number of hydrogen-bond acceptors (Lipinski definition) is 5. The van der Waals surface area contributed by atoms with Crippen LogP contribution in [0, 0.1) is 0 Å². The molecule has 0 saturated carbocycles. The summed E-state index contributed by atoms with van der Waals surface area (Å²) in [6.45, 7) is 2.35. The van der Waals surface area contributed by atoms with Crippen LogP contribution < -0.4 is 15.6 Å². The minimum Gasteiger partial charge on any atom is -0.383 e. The Bertz CT molecular complexity index is 927. The van der Waals surface area contributed by atoms with Crippen LogP contribution in [-0.2, 0) is 21.2 Å². The summed E-state index contributed by atoms with van der Waals surface area (Å²) in [5.74, 6) is -1.10. The van der Waals surface area contributed by atoms with Crippen LogP contribution in [0.15, 0.2) is 53.4 Å². The third-order valence-corrected chi connectivity index (χ3v) is 5.38. The SMILES string of the molecule is CCc1ccc(C(=O)NNC(=O)c2cccc(S(=O)(=O)NCCOC)c2)cc1.